The van der Waals surface area contributed by atoms with E-state index >= 15 is 0 Å². The Morgan fingerprint density at radius 1 is 1.50 bits per heavy atom. The number of rotatable bonds is 3. The molecule has 1 unspecified atom stereocenters. The van der Waals surface area contributed by atoms with Crippen molar-refractivity contribution in [1.82, 2.24) is 0 Å². The predicted molar refractivity (Wildman–Crippen MR) is 55.9 cm³/mol. The maximum atomic E-state index is 10.7. The molecule has 0 amide bonds. The molecule has 2 N–H and O–H groups in total. The van der Waals surface area contributed by atoms with Crippen LogP contribution in [-0.2, 0) is 4.79 Å². The highest BCUT2D eigenvalue weighted by Gasteiger charge is 2.17. The van der Waals surface area contributed by atoms with E-state index in [4.69, 9.17) is 5.11 Å². The Morgan fingerprint density at radius 2 is 2.14 bits per heavy atom. The first-order valence-corrected chi connectivity index (χ1v) is 5.38. The summed E-state index contributed by atoms with van der Waals surface area (Å²) in [6.45, 7) is 1.56. The number of carboxylic acid groups (broad SMARTS) is 1. The van der Waals surface area contributed by atoms with E-state index in [1.54, 1.807) is 19.1 Å². The minimum absolute atomic E-state index is 0.0395. The Kier molecular flexibility index (Phi) is 3.41. The first-order valence-electron chi connectivity index (χ1n) is 4.16. The smallest absolute Gasteiger partial charge is 0.310 e. The minimum atomic E-state index is -0.932. The number of aromatic hydroxyl groups is 1. The lowest BCUT2D eigenvalue weighted by Gasteiger charge is -2.10. The molecule has 0 radical (unpaired) electrons. The second kappa shape index (κ2) is 4.37. The van der Waals surface area contributed by atoms with E-state index in [1.807, 2.05) is 6.26 Å². The molecule has 1 rings (SSSR count). The van der Waals surface area contributed by atoms with Gasteiger partial charge in [0.2, 0.25) is 0 Å². The van der Waals surface area contributed by atoms with E-state index in [0.717, 1.165) is 4.90 Å². The van der Waals surface area contributed by atoms with Gasteiger partial charge in [-0.15, -0.1) is 11.8 Å². The predicted octanol–water partition coefficient (Wildman–Crippen LogP) is 2.30. The lowest BCUT2D eigenvalue weighted by atomic mass is 10.0. The summed E-state index contributed by atoms with van der Waals surface area (Å²) >= 11 is 1.52. The van der Waals surface area contributed by atoms with Crippen LogP contribution in [0.25, 0.3) is 0 Å². The molecule has 0 bridgehead atoms. The molecule has 0 aliphatic rings. The molecule has 0 heterocycles. The van der Waals surface area contributed by atoms with Crippen LogP contribution in [0.1, 0.15) is 18.4 Å². The second-order valence-corrected chi connectivity index (χ2v) is 3.86. The topological polar surface area (TPSA) is 57.5 Å². The molecular formula is C10H12O3S. The van der Waals surface area contributed by atoms with Crippen molar-refractivity contribution in [2.75, 3.05) is 6.26 Å². The van der Waals surface area contributed by atoms with E-state index in [0.29, 0.717) is 5.56 Å². The standard InChI is InChI=1S/C10H12O3S/c1-6(10(12)13)8-5-7(14-2)3-4-9(8)11/h3-6,11H,1-2H3,(H,12,13). The molecule has 4 heteroatoms. The maximum Gasteiger partial charge on any atom is 0.310 e. The van der Waals surface area contributed by atoms with Gasteiger partial charge in [0, 0.05) is 10.5 Å². The Bertz CT molecular complexity index is 349. The average Bonchev–Trinajstić information content (AvgIpc) is 2.17. The number of aliphatic carboxylic acids is 1. The van der Waals surface area contributed by atoms with E-state index < -0.39 is 11.9 Å². The van der Waals surface area contributed by atoms with Gasteiger partial charge in [0.05, 0.1) is 5.92 Å². The number of phenolic OH excluding ortho intramolecular Hbond substituents is 1. The summed E-state index contributed by atoms with van der Waals surface area (Å²) in [5.41, 5.74) is 0.462. The lowest BCUT2D eigenvalue weighted by Crippen LogP contribution is -2.07. The summed E-state index contributed by atoms with van der Waals surface area (Å²) in [5, 5.41) is 18.3. The largest absolute Gasteiger partial charge is 0.508 e. The molecule has 0 saturated carbocycles. The van der Waals surface area contributed by atoms with E-state index in [1.165, 1.54) is 17.8 Å². The fraction of sp³-hybridized carbons (Fsp3) is 0.300. The summed E-state index contributed by atoms with van der Waals surface area (Å²) in [7, 11) is 0. The van der Waals surface area contributed by atoms with Crippen LogP contribution in [0.3, 0.4) is 0 Å². The maximum absolute atomic E-state index is 10.7. The Balaban J connectivity index is 3.11. The summed E-state index contributed by atoms with van der Waals surface area (Å²) in [6.07, 6.45) is 1.90. The van der Waals surface area contributed by atoms with Gasteiger partial charge in [-0.25, -0.2) is 0 Å². The SMILES string of the molecule is CSc1ccc(O)c(C(C)C(=O)O)c1. The molecule has 1 aromatic carbocycles. The molecule has 0 fully saturated rings. The van der Waals surface area contributed by atoms with Crippen LogP contribution in [0.15, 0.2) is 23.1 Å². The molecule has 1 atom stereocenters. The molecule has 76 valence electrons. The highest BCUT2D eigenvalue weighted by Crippen LogP contribution is 2.29. The highest BCUT2D eigenvalue weighted by molar-refractivity contribution is 7.98. The first kappa shape index (κ1) is 10.9. The zero-order valence-electron chi connectivity index (χ0n) is 8.02. The molecule has 0 spiro atoms. The fourth-order valence-electron chi connectivity index (χ4n) is 1.14. The van der Waals surface area contributed by atoms with Gasteiger partial charge < -0.3 is 10.2 Å². The molecule has 0 aromatic heterocycles. The van der Waals surface area contributed by atoms with Crippen molar-refractivity contribution >= 4 is 17.7 Å². The normalized spacial score (nSPS) is 12.4. The molecule has 0 aliphatic heterocycles. The number of hydrogen-bond acceptors (Lipinski definition) is 3. The molecule has 3 nitrogen and oxygen atoms in total. The number of hydrogen-bond donors (Lipinski definition) is 2. The van der Waals surface area contributed by atoms with Crippen molar-refractivity contribution in [3.05, 3.63) is 23.8 Å². The fourth-order valence-corrected chi connectivity index (χ4v) is 1.59. The highest BCUT2D eigenvalue weighted by atomic mass is 32.2. The third-order valence-electron chi connectivity index (χ3n) is 2.07. The molecule has 0 aliphatic carbocycles. The zero-order valence-corrected chi connectivity index (χ0v) is 8.84. The van der Waals surface area contributed by atoms with Crippen LogP contribution in [0.5, 0.6) is 5.75 Å². The molecular weight excluding hydrogens is 200 g/mol. The van der Waals surface area contributed by atoms with Gasteiger partial charge in [-0.05, 0) is 31.4 Å². The Hall–Kier alpha value is -1.16. The average molecular weight is 212 g/mol. The minimum Gasteiger partial charge on any atom is -0.508 e. The molecule has 1 aromatic rings. The monoisotopic (exact) mass is 212 g/mol. The summed E-state index contributed by atoms with van der Waals surface area (Å²) in [6, 6.07) is 5.00. The van der Waals surface area contributed by atoms with Crippen molar-refractivity contribution in [2.45, 2.75) is 17.7 Å². The number of carbonyl (C=O) groups is 1. The Labute approximate surface area is 86.8 Å². The van der Waals surface area contributed by atoms with Crippen LogP contribution in [0.2, 0.25) is 0 Å². The number of thioether (sulfide) groups is 1. The van der Waals surface area contributed by atoms with Gasteiger partial charge in [0.25, 0.3) is 0 Å². The summed E-state index contributed by atoms with van der Waals surface area (Å²) in [4.78, 5) is 11.7. The van der Waals surface area contributed by atoms with Crippen LogP contribution in [0.4, 0.5) is 0 Å². The van der Waals surface area contributed by atoms with Crippen LogP contribution in [-0.4, -0.2) is 22.4 Å². The third kappa shape index (κ3) is 2.20. The molecule has 14 heavy (non-hydrogen) atoms. The van der Waals surface area contributed by atoms with E-state index in [-0.39, 0.29) is 5.75 Å². The van der Waals surface area contributed by atoms with Gasteiger partial charge in [-0.3, -0.25) is 4.79 Å². The van der Waals surface area contributed by atoms with Crippen molar-refractivity contribution in [1.29, 1.82) is 0 Å². The van der Waals surface area contributed by atoms with Gasteiger partial charge in [-0.2, -0.15) is 0 Å². The van der Waals surface area contributed by atoms with E-state index in [2.05, 4.69) is 0 Å². The third-order valence-corrected chi connectivity index (χ3v) is 2.80. The Morgan fingerprint density at radius 3 is 2.64 bits per heavy atom. The lowest BCUT2D eigenvalue weighted by molar-refractivity contribution is -0.138. The number of carboxylic acids is 1. The van der Waals surface area contributed by atoms with Crippen molar-refractivity contribution in [3.8, 4) is 5.75 Å². The van der Waals surface area contributed by atoms with Crippen LogP contribution < -0.4 is 0 Å². The van der Waals surface area contributed by atoms with Crippen molar-refractivity contribution in [3.63, 3.8) is 0 Å². The quantitative estimate of drug-likeness (QED) is 0.755. The summed E-state index contributed by atoms with van der Waals surface area (Å²) < 4.78 is 0. The summed E-state index contributed by atoms with van der Waals surface area (Å²) in [5.74, 6) is -1.57. The van der Waals surface area contributed by atoms with Crippen LogP contribution in [0, 0.1) is 0 Å². The van der Waals surface area contributed by atoms with E-state index in [9.17, 15) is 9.90 Å². The molecule has 0 saturated heterocycles. The first-order chi connectivity index (χ1) is 6.56. The van der Waals surface area contributed by atoms with Crippen molar-refractivity contribution < 1.29 is 15.0 Å². The van der Waals surface area contributed by atoms with Gasteiger partial charge in [-0.1, -0.05) is 0 Å². The number of benzene rings is 1. The number of phenols is 1. The van der Waals surface area contributed by atoms with Crippen molar-refractivity contribution in [2.24, 2.45) is 0 Å². The van der Waals surface area contributed by atoms with Gasteiger partial charge in [0.15, 0.2) is 0 Å². The second-order valence-electron chi connectivity index (χ2n) is 2.98. The van der Waals surface area contributed by atoms with Crippen LogP contribution >= 0.6 is 11.8 Å². The zero-order chi connectivity index (χ0) is 10.7. The van der Waals surface area contributed by atoms with Gasteiger partial charge >= 0.3 is 5.97 Å². The van der Waals surface area contributed by atoms with Gasteiger partial charge in [0.1, 0.15) is 5.75 Å².